The molecule has 240 valence electrons. The lowest BCUT2D eigenvalue weighted by molar-refractivity contribution is 0.0782. The summed E-state index contributed by atoms with van der Waals surface area (Å²) < 4.78 is 18.5. The van der Waals surface area contributed by atoms with Crippen LogP contribution in [-0.4, -0.2) is 105 Å². The van der Waals surface area contributed by atoms with Crippen molar-refractivity contribution in [3.63, 3.8) is 0 Å². The largest absolute Gasteiger partial charge is 0.493 e. The highest BCUT2D eigenvalue weighted by molar-refractivity contribution is 5.95. The Morgan fingerprint density at radius 3 is 2.31 bits per heavy atom. The van der Waals surface area contributed by atoms with Gasteiger partial charge in [-0.15, -0.1) is 0 Å². The summed E-state index contributed by atoms with van der Waals surface area (Å²) in [7, 11) is 6.50. The number of likely N-dealkylation sites (N-methyl/N-ethyl adjacent to an activating group) is 1. The van der Waals surface area contributed by atoms with Crippen LogP contribution in [0.1, 0.15) is 34.7 Å². The molecule has 0 saturated carbocycles. The van der Waals surface area contributed by atoms with E-state index in [0.29, 0.717) is 35.9 Å². The molecule has 1 aromatic heterocycles. The van der Waals surface area contributed by atoms with Gasteiger partial charge in [0.15, 0.2) is 11.5 Å². The van der Waals surface area contributed by atoms with Crippen LogP contribution in [0.25, 0.3) is 11.0 Å². The number of imidazole rings is 1. The molecular formula is C35H45N5O5. The summed E-state index contributed by atoms with van der Waals surface area (Å²) in [6.45, 7) is 5.80. The molecule has 0 spiro atoms. The molecule has 1 aliphatic heterocycles. The molecule has 0 aliphatic carbocycles. The first-order valence-corrected chi connectivity index (χ1v) is 15.6. The number of rotatable bonds is 13. The number of fused-ring (bicyclic) bond motifs is 1. The molecule has 0 bridgehead atoms. The van der Waals surface area contributed by atoms with Gasteiger partial charge in [-0.25, -0.2) is 4.98 Å². The Kier molecular flexibility index (Phi) is 10.8. The van der Waals surface area contributed by atoms with Gasteiger partial charge in [0.2, 0.25) is 11.7 Å². The van der Waals surface area contributed by atoms with Crippen LogP contribution in [0.2, 0.25) is 0 Å². The summed E-state index contributed by atoms with van der Waals surface area (Å²) in [6, 6.07) is 22.0. The number of aliphatic hydroxyl groups excluding tert-OH is 1. The minimum Gasteiger partial charge on any atom is -0.493 e. The van der Waals surface area contributed by atoms with Crippen molar-refractivity contribution >= 4 is 22.9 Å². The topological polar surface area (TPSA) is 92.5 Å². The molecule has 1 aliphatic rings. The van der Waals surface area contributed by atoms with Gasteiger partial charge in [0.1, 0.15) is 0 Å². The maximum Gasteiger partial charge on any atom is 0.253 e. The highest BCUT2D eigenvalue weighted by Crippen LogP contribution is 2.38. The molecule has 0 radical (unpaired) electrons. The molecule has 10 nitrogen and oxygen atoms in total. The van der Waals surface area contributed by atoms with E-state index in [2.05, 4.69) is 44.7 Å². The molecule has 10 heteroatoms. The van der Waals surface area contributed by atoms with Crippen molar-refractivity contribution < 1.29 is 24.1 Å². The maximum absolute atomic E-state index is 13.6. The monoisotopic (exact) mass is 615 g/mol. The lowest BCUT2D eigenvalue weighted by Crippen LogP contribution is -2.35. The van der Waals surface area contributed by atoms with Crippen LogP contribution < -0.4 is 19.1 Å². The molecule has 5 rings (SSSR count). The van der Waals surface area contributed by atoms with Crippen LogP contribution in [0, 0.1) is 0 Å². The zero-order valence-corrected chi connectivity index (χ0v) is 26.8. The molecular weight excluding hydrogens is 570 g/mol. The first-order chi connectivity index (χ1) is 22.0. The highest BCUT2D eigenvalue weighted by Gasteiger charge is 2.25. The number of nitrogens with zero attached hydrogens (tertiary/aromatic N) is 5. The van der Waals surface area contributed by atoms with E-state index in [1.165, 1.54) is 5.56 Å². The Bertz CT molecular complexity index is 1530. The van der Waals surface area contributed by atoms with Gasteiger partial charge in [-0.1, -0.05) is 42.5 Å². The highest BCUT2D eigenvalue weighted by atomic mass is 16.5. The zero-order chi connectivity index (χ0) is 31.8. The lowest BCUT2D eigenvalue weighted by atomic mass is 9.94. The fraction of sp³-hybridized carbons (Fsp3) is 0.429. The zero-order valence-electron chi connectivity index (χ0n) is 26.8. The van der Waals surface area contributed by atoms with Crippen LogP contribution in [0.15, 0.2) is 66.7 Å². The van der Waals surface area contributed by atoms with Crippen LogP contribution in [0.5, 0.6) is 17.2 Å². The van der Waals surface area contributed by atoms with E-state index in [-0.39, 0.29) is 18.4 Å². The van der Waals surface area contributed by atoms with E-state index in [0.717, 1.165) is 62.5 Å². The molecule has 1 amide bonds. The van der Waals surface area contributed by atoms with E-state index in [9.17, 15) is 9.90 Å². The Labute approximate surface area is 265 Å². The smallest absolute Gasteiger partial charge is 0.253 e. The standard InChI is InChI=1S/C35H45N5O5/c1-37(34(42)28-23-31(43-2)33(45-4)32(24-28)44-3)25-27(26-11-6-5-7-12-26)15-18-38-16-10-17-39(20-19-38)35-36-29-13-8-9-14-30(29)40(35)21-22-41/h5-9,11-14,23-24,27,41H,10,15-22,25H2,1-4H3. The van der Waals surface area contributed by atoms with Gasteiger partial charge >= 0.3 is 0 Å². The average Bonchev–Trinajstić information content (AvgIpc) is 3.27. The number of methoxy groups -OCH3 is 3. The number of para-hydroxylation sites is 2. The number of aromatic nitrogens is 2. The summed E-state index contributed by atoms with van der Waals surface area (Å²) in [4.78, 5) is 25.2. The first kappa shape index (κ1) is 32.1. The van der Waals surface area contributed by atoms with Crippen molar-refractivity contribution in [1.82, 2.24) is 19.4 Å². The van der Waals surface area contributed by atoms with Gasteiger partial charge < -0.3 is 38.6 Å². The molecule has 3 aromatic carbocycles. The number of benzene rings is 3. The van der Waals surface area contributed by atoms with E-state index in [1.54, 1.807) is 38.4 Å². The second-order valence-corrected chi connectivity index (χ2v) is 11.5. The Morgan fingerprint density at radius 1 is 0.911 bits per heavy atom. The fourth-order valence-corrected chi connectivity index (χ4v) is 6.28. The predicted octanol–water partition coefficient (Wildman–Crippen LogP) is 4.51. The van der Waals surface area contributed by atoms with Gasteiger partial charge in [-0.3, -0.25) is 4.79 Å². The SMILES string of the molecule is COc1cc(C(=O)N(C)CC(CCN2CCCN(c3nc4ccccc4n3CCO)CC2)c2ccccc2)cc(OC)c1OC. The summed E-state index contributed by atoms with van der Waals surface area (Å²) in [5, 5.41) is 9.75. The third kappa shape index (κ3) is 7.34. The molecule has 4 aromatic rings. The summed E-state index contributed by atoms with van der Waals surface area (Å²) in [5.41, 5.74) is 3.71. The van der Waals surface area contributed by atoms with Crippen LogP contribution in [0.4, 0.5) is 5.95 Å². The van der Waals surface area contributed by atoms with Crippen LogP contribution in [0.3, 0.4) is 0 Å². The van der Waals surface area contributed by atoms with Crippen LogP contribution in [-0.2, 0) is 6.54 Å². The number of anilines is 1. The quantitative estimate of drug-likeness (QED) is 0.235. The number of ether oxygens (including phenoxy) is 3. The minimum absolute atomic E-state index is 0.0741. The van der Waals surface area contributed by atoms with Gasteiger partial charge in [0.05, 0.1) is 39.0 Å². The van der Waals surface area contributed by atoms with E-state index in [1.807, 2.05) is 31.3 Å². The van der Waals surface area contributed by atoms with Crippen molar-refractivity contribution in [2.75, 3.05) is 79.2 Å². The van der Waals surface area contributed by atoms with Crippen molar-refractivity contribution in [2.24, 2.45) is 0 Å². The van der Waals surface area contributed by atoms with Crippen molar-refractivity contribution in [3.8, 4) is 17.2 Å². The third-order valence-electron chi connectivity index (χ3n) is 8.65. The Morgan fingerprint density at radius 2 is 1.62 bits per heavy atom. The van der Waals surface area contributed by atoms with E-state index in [4.69, 9.17) is 19.2 Å². The van der Waals surface area contributed by atoms with Gasteiger partial charge in [-0.05, 0) is 55.8 Å². The molecule has 1 unspecified atom stereocenters. The molecule has 2 heterocycles. The summed E-state index contributed by atoms with van der Waals surface area (Å²) in [6.07, 6.45) is 1.94. The van der Waals surface area contributed by atoms with Crippen molar-refractivity contribution in [2.45, 2.75) is 25.3 Å². The second kappa shape index (κ2) is 15.1. The predicted molar refractivity (Wildman–Crippen MR) is 177 cm³/mol. The van der Waals surface area contributed by atoms with Gasteiger partial charge in [0, 0.05) is 51.3 Å². The number of carbonyl (C=O) groups excluding carboxylic acids is 1. The molecule has 45 heavy (non-hydrogen) atoms. The summed E-state index contributed by atoms with van der Waals surface area (Å²) >= 11 is 0. The minimum atomic E-state index is -0.105. The normalized spacial score (nSPS) is 14.6. The molecule has 1 saturated heterocycles. The van der Waals surface area contributed by atoms with Gasteiger partial charge in [0.25, 0.3) is 5.91 Å². The summed E-state index contributed by atoms with van der Waals surface area (Å²) in [5.74, 6) is 2.36. The fourth-order valence-electron chi connectivity index (χ4n) is 6.28. The Balaban J connectivity index is 1.27. The molecule has 1 atom stereocenters. The van der Waals surface area contributed by atoms with E-state index >= 15 is 0 Å². The number of hydrogen-bond donors (Lipinski definition) is 1. The Hall–Kier alpha value is -4.28. The van der Waals surface area contributed by atoms with Crippen molar-refractivity contribution in [3.05, 3.63) is 77.9 Å². The average molecular weight is 616 g/mol. The number of amides is 1. The number of hydrogen-bond acceptors (Lipinski definition) is 8. The first-order valence-electron chi connectivity index (χ1n) is 15.6. The molecule has 1 N–H and O–H groups in total. The lowest BCUT2D eigenvalue weighted by Gasteiger charge is -2.28. The molecule has 1 fully saturated rings. The van der Waals surface area contributed by atoms with Gasteiger partial charge in [-0.2, -0.15) is 0 Å². The van der Waals surface area contributed by atoms with E-state index < -0.39 is 0 Å². The van der Waals surface area contributed by atoms with Crippen LogP contribution >= 0.6 is 0 Å². The second-order valence-electron chi connectivity index (χ2n) is 11.5. The van der Waals surface area contributed by atoms with Crippen molar-refractivity contribution in [1.29, 1.82) is 0 Å². The third-order valence-corrected chi connectivity index (χ3v) is 8.65. The maximum atomic E-state index is 13.6. The number of carbonyl (C=O) groups is 1. The number of aliphatic hydroxyl groups is 1.